The highest BCUT2D eigenvalue weighted by Crippen LogP contribution is 2.10. The number of thiol groups is 2. The normalized spacial score (nSPS) is 15.9. The molecule has 0 spiro atoms. The summed E-state index contributed by atoms with van der Waals surface area (Å²) in [6, 6.07) is -3.95. The molecule has 0 aromatic rings. The van der Waals surface area contributed by atoms with Gasteiger partial charge in [0.15, 0.2) is 0 Å². The minimum Gasteiger partial charge on any atom is -0.480 e. The second-order valence-corrected chi connectivity index (χ2v) is 7.82. The first-order chi connectivity index (χ1) is 14.1. The van der Waals surface area contributed by atoms with Gasteiger partial charge in [-0.2, -0.15) is 25.3 Å². The molecule has 0 heterocycles. The van der Waals surface area contributed by atoms with Crippen LogP contribution in [0.1, 0.15) is 39.5 Å². The summed E-state index contributed by atoms with van der Waals surface area (Å²) >= 11 is 8.03. The van der Waals surface area contributed by atoms with Gasteiger partial charge in [0, 0.05) is 11.5 Å². The van der Waals surface area contributed by atoms with Crippen LogP contribution in [0.2, 0.25) is 0 Å². The molecule has 5 unspecified atom stereocenters. The molecular weight excluding hydrogens is 430 g/mol. The Morgan fingerprint density at radius 2 is 1.53 bits per heavy atom. The summed E-state index contributed by atoms with van der Waals surface area (Å²) in [5, 5.41) is 16.9. The number of unbranched alkanes of at least 4 members (excludes halogenated alkanes) is 1. The van der Waals surface area contributed by atoms with E-state index >= 15 is 0 Å². The smallest absolute Gasteiger partial charge is 0.326 e. The number of aliphatic carboxylic acids is 1. The summed E-state index contributed by atoms with van der Waals surface area (Å²) in [5.41, 5.74) is 11.0. The second-order valence-electron chi connectivity index (χ2n) is 7.09. The summed E-state index contributed by atoms with van der Waals surface area (Å²) in [6.07, 6.45) is 1.98. The summed E-state index contributed by atoms with van der Waals surface area (Å²) in [4.78, 5) is 48.8. The van der Waals surface area contributed by atoms with E-state index in [4.69, 9.17) is 11.5 Å². The van der Waals surface area contributed by atoms with Crippen molar-refractivity contribution in [3.8, 4) is 0 Å². The van der Waals surface area contributed by atoms with Gasteiger partial charge < -0.3 is 32.5 Å². The fraction of sp³-hybridized carbons (Fsp3) is 0.778. The van der Waals surface area contributed by atoms with Crippen LogP contribution in [0.25, 0.3) is 0 Å². The Morgan fingerprint density at radius 3 is 2.00 bits per heavy atom. The molecule has 0 radical (unpaired) electrons. The highest BCUT2D eigenvalue weighted by molar-refractivity contribution is 7.80. The lowest BCUT2D eigenvalue weighted by Gasteiger charge is -2.27. The third-order valence-corrected chi connectivity index (χ3v) is 5.46. The molecule has 12 heteroatoms. The van der Waals surface area contributed by atoms with Gasteiger partial charge in [-0.3, -0.25) is 14.4 Å². The van der Waals surface area contributed by atoms with Crippen LogP contribution in [-0.4, -0.2) is 71.0 Å². The van der Waals surface area contributed by atoms with E-state index in [1.54, 1.807) is 6.92 Å². The van der Waals surface area contributed by atoms with Crippen molar-refractivity contribution in [2.45, 2.75) is 63.7 Å². The maximum Gasteiger partial charge on any atom is 0.326 e. The molecule has 0 saturated heterocycles. The molecule has 8 N–H and O–H groups in total. The van der Waals surface area contributed by atoms with Gasteiger partial charge in [0.2, 0.25) is 17.7 Å². The van der Waals surface area contributed by atoms with E-state index in [2.05, 4.69) is 41.2 Å². The van der Waals surface area contributed by atoms with Crippen molar-refractivity contribution in [3.05, 3.63) is 0 Å². The van der Waals surface area contributed by atoms with Crippen molar-refractivity contribution in [1.29, 1.82) is 0 Å². The van der Waals surface area contributed by atoms with E-state index in [9.17, 15) is 24.3 Å². The number of nitrogens with one attached hydrogen (secondary N) is 3. The van der Waals surface area contributed by atoms with Crippen molar-refractivity contribution < 1.29 is 24.3 Å². The Morgan fingerprint density at radius 1 is 0.933 bits per heavy atom. The third-order valence-electron chi connectivity index (χ3n) is 4.70. The number of hydrogen-bond acceptors (Lipinski definition) is 8. The van der Waals surface area contributed by atoms with Crippen LogP contribution in [0.3, 0.4) is 0 Å². The summed E-state index contributed by atoms with van der Waals surface area (Å²) in [7, 11) is 0. The molecule has 0 bridgehead atoms. The molecule has 30 heavy (non-hydrogen) atoms. The molecule has 0 aromatic carbocycles. The average Bonchev–Trinajstić information content (AvgIpc) is 2.73. The number of carboxylic acids is 1. The standard InChI is InChI=1S/C18H35N5O5S2/c1-3-10(2)14(17(26)21-12(18(27)28)6-4-5-7-19)23-16(25)13(9-30)22-15(24)11(20)8-29/h10-14,29-30H,3-9,19-20H2,1-2H3,(H,21,26)(H,22,24)(H,23,25)(H,27,28). The van der Waals surface area contributed by atoms with Crippen molar-refractivity contribution in [2.75, 3.05) is 18.1 Å². The van der Waals surface area contributed by atoms with Gasteiger partial charge in [0.1, 0.15) is 18.1 Å². The average molecular weight is 466 g/mol. The number of carbonyl (C=O) groups is 4. The maximum atomic E-state index is 12.8. The van der Waals surface area contributed by atoms with Gasteiger partial charge in [-0.05, 0) is 31.7 Å². The first-order valence-electron chi connectivity index (χ1n) is 9.94. The van der Waals surface area contributed by atoms with E-state index in [1.165, 1.54) is 0 Å². The Labute approximate surface area is 188 Å². The molecule has 3 amide bonds. The molecule has 0 aliphatic carbocycles. The fourth-order valence-electron chi connectivity index (χ4n) is 2.52. The number of rotatable bonds is 15. The lowest BCUT2D eigenvalue weighted by atomic mass is 9.97. The monoisotopic (exact) mass is 465 g/mol. The van der Waals surface area contributed by atoms with Gasteiger partial charge in [0.05, 0.1) is 6.04 Å². The summed E-state index contributed by atoms with van der Waals surface area (Å²) in [5.74, 6) is -3.11. The van der Waals surface area contributed by atoms with Gasteiger partial charge in [-0.25, -0.2) is 4.79 Å². The third kappa shape index (κ3) is 10.0. The Balaban J connectivity index is 5.24. The largest absolute Gasteiger partial charge is 0.480 e. The number of hydrogen-bond donors (Lipinski definition) is 8. The number of amides is 3. The lowest BCUT2D eigenvalue weighted by molar-refractivity contribution is -0.142. The van der Waals surface area contributed by atoms with E-state index in [0.717, 1.165) is 0 Å². The summed E-state index contributed by atoms with van der Waals surface area (Å²) in [6.45, 7) is 4.04. The van der Waals surface area contributed by atoms with Crippen molar-refractivity contribution in [1.82, 2.24) is 16.0 Å². The maximum absolute atomic E-state index is 12.8. The highest BCUT2D eigenvalue weighted by Gasteiger charge is 2.32. The molecule has 174 valence electrons. The predicted molar refractivity (Wildman–Crippen MR) is 121 cm³/mol. The number of carbonyl (C=O) groups excluding carboxylic acids is 3. The fourth-order valence-corrected chi connectivity index (χ4v) is 2.95. The van der Waals surface area contributed by atoms with Gasteiger partial charge in [-0.1, -0.05) is 20.3 Å². The molecule has 10 nitrogen and oxygen atoms in total. The zero-order chi connectivity index (χ0) is 23.3. The minimum atomic E-state index is -1.16. The van der Waals surface area contributed by atoms with Crippen LogP contribution < -0.4 is 27.4 Å². The summed E-state index contributed by atoms with van der Waals surface area (Å²) < 4.78 is 0. The van der Waals surface area contributed by atoms with Crippen LogP contribution in [0.5, 0.6) is 0 Å². The van der Waals surface area contributed by atoms with Crippen molar-refractivity contribution in [2.24, 2.45) is 17.4 Å². The van der Waals surface area contributed by atoms with Crippen LogP contribution in [-0.2, 0) is 19.2 Å². The van der Waals surface area contributed by atoms with E-state index in [-0.39, 0.29) is 23.8 Å². The zero-order valence-electron chi connectivity index (χ0n) is 17.5. The Hall–Kier alpha value is -1.50. The molecular formula is C18H35N5O5S2. The number of carboxylic acid groups (broad SMARTS) is 1. The van der Waals surface area contributed by atoms with E-state index in [1.807, 2.05) is 6.92 Å². The highest BCUT2D eigenvalue weighted by atomic mass is 32.1. The van der Waals surface area contributed by atoms with Crippen molar-refractivity contribution in [3.63, 3.8) is 0 Å². The molecule has 5 atom stereocenters. The van der Waals surface area contributed by atoms with Gasteiger partial charge >= 0.3 is 5.97 Å². The number of nitrogens with two attached hydrogens (primary N) is 2. The molecule has 0 aromatic heterocycles. The van der Waals surface area contributed by atoms with Crippen molar-refractivity contribution >= 4 is 48.9 Å². The predicted octanol–water partition coefficient (Wildman–Crippen LogP) is -1.11. The van der Waals surface area contributed by atoms with Crippen LogP contribution >= 0.6 is 25.3 Å². The second kappa shape index (κ2) is 15.3. The van der Waals surface area contributed by atoms with Gasteiger partial charge in [-0.15, -0.1) is 0 Å². The first-order valence-corrected chi connectivity index (χ1v) is 11.2. The van der Waals surface area contributed by atoms with E-state index in [0.29, 0.717) is 25.8 Å². The van der Waals surface area contributed by atoms with Crippen LogP contribution in [0.4, 0.5) is 0 Å². The molecule has 0 aliphatic rings. The first kappa shape index (κ1) is 28.5. The lowest BCUT2D eigenvalue weighted by Crippen LogP contribution is -2.59. The SMILES string of the molecule is CCC(C)C(NC(=O)C(CS)NC(=O)C(N)CS)C(=O)NC(CCCCN)C(=O)O. The zero-order valence-corrected chi connectivity index (χ0v) is 19.3. The van der Waals surface area contributed by atoms with Gasteiger partial charge in [0.25, 0.3) is 0 Å². The Bertz CT molecular complexity index is 581. The quantitative estimate of drug-likeness (QED) is 0.112. The molecule has 0 rings (SSSR count). The minimum absolute atomic E-state index is 0.0114. The van der Waals surface area contributed by atoms with E-state index < -0.39 is 47.9 Å². The Kier molecular flexibility index (Phi) is 14.6. The van der Waals surface area contributed by atoms with Crippen LogP contribution in [0.15, 0.2) is 0 Å². The molecule has 0 saturated carbocycles. The molecule has 0 aliphatic heterocycles. The topological polar surface area (TPSA) is 177 Å². The molecule has 0 fully saturated rings. The van der Waals surface area contributed by atoms with Crippen LogP contribution in [0, 0.1) is 5.92 Å².